The molecule has 0 fully saturated rings. The molecule has 3 nitrogen and oxygen atoms in total. The topological polar surface area (TPSA) is 34.4 Å². The summed E-state index contributed by atoms with van der Waals surface area (Å²) >= 11 is 6.19. The zero-order valence-corrected chi connectivity index (χ0v) is 12.1. The Labute approximate surface area is 118 Å². The zero-order chi connectivity index (χ0) is 13.8. The van der Waals surface area contributed by atoms with Crippen LogP contribution in [0.2, 0.25) is 5.02 Å². The molecule has 102 valence electrons. The van der Waals surface area contributed by atoms with Crippen LogP contribution in [0.5, 0.6) is 5.75 Å². The van der Waals surface area contributed by atoms with Crippen LogP contribution in [0.3, 0.4) is 0 Å². The smallest absolute Gasteiger partial charge is 0.135 e. The lowest BCUT2D eigenvalue weighted by atomic mass is 10.1. The van der Waals surface area contributed by atoms with Crippen molar-refractivity contribution in [2.24, 2.45) is 0 Å². The third kappa shape index (κ3) is 3.52. The monoisotopic (exact) mass is 279 g/mol. The molecule has 0 saturated carbocycles. The van der Waals surface area contributed by atoms with Crippen LogP contribution in [0.1, 0.15) is 19.6 Å². The van der Waals surface area contributed by atoms with Gasteiger partial charge in [-0.15, -0.1) is 0 Å². The van der Waals surface area contributed by atoms with E-state index in [-0.39, 0.29) is 0 Å². The molecule has 0 aliphatic carbocycles. The molecule has 0 spiro atoms. The number of halogens is 1. The van der Waals surface area contributed by atoms with Gasteiger partial charge < -0.3 is 14.5 Å². The first-order valence-corrected chi connectivity index (χ1v) is 6.64. The molecule has 1 heterocycles. The highest BCUT2D eigenvalue weighted by atomic mass is 35.5. The summed E-state index contributed by atoms with van der Waals surface area (Å²) in [5.74, 6) is 2.41. The third-order valence-electron chi connectivity index (χ3n) is 2.79. The van der Waals surface area contributed by atoms with Crippen LogP contribution in [-0.2, 0) is 6.54 Å². The number of benzene rings is 1. The second-order valence-electron chi connectivity index (χ2n) is 4.65. The summed E-state index contributed by atoms with van der Waals surface area (Å²) in [6, 6.07) is 9.83. The number of hydrogen-bond acceptors (Lipinski definition) is 3. The fraction of sp³-hybridized carbons (Fsp3) is 0.333. The van der Waals surface area contributed by atoms with E-state index < -0.39 is 0 Å². The molecule has 0 atom stereocenters. The summed E-state index contributed by atoms with van der Waals surface area (Å²) < 4.78 is 11.0. The molecule has 1 aromatic carbocycles. The molecule has 4 heteroatoms. The van der Waals surface area contributed by atoms with Crippen molar-refractivity contribution in [1.82, 2.24) is 5.32 Å². The molecule has 0 amide bonds. The molecule has 0 unspecified atom stereocenters. The number of ether oxygens (including phenoxy) is 1. The average molecular weight is 280 g/mol. The standard InChI is InChI=1S/C15H18ClNO2/c1-10(2)17-9-12-5-7-15(19-12)13-8-11(18-3)4-6-14(13)16/h4-8,10,17H,9H2,1-3H3. The highest BCUT2D eigenvalue weighted by Crippen LogP contribution is 2.32. The number of nitrogens with one attached hydrogen (secondary N) is 1. The lowest BCUT2D eigenvalue weighted by Gasteiger charge is -2.06. The Morgan fingerprint density at radius 3 is 2.74 bits per heavy atom. The van der Waals surface area contributed by atoms with E-state index in [2.05, 4.69) is 19.2 Å². The van der Waals surface area contributed by atoms with Gasteiger partial charge in [0.05, 0.1) is 18.7 Å². The van der Waals surface area contributed by atoms with Crippen LogP contribution in [0.4, 0.5) is 0 Å². The van der Waals surface area contributed by atoms with Gasteiger partial charge in [0.25, 0.3) is 0 Å². The van der Waals surface area contributed by atoms with Gasteiger partial charge in [-0.3, -0.25) is 0 Å². The van der Waals surface area contributed by atoms with Crippen molar-refractivity contribution < 1.29 is 9.15 Å². The number of furan rings is 1. The number of methoxy groups -OCH3 is 1. The summed E-state index contributed by atoms with van der Waals surface area (Å²) in [7, 11) is 1.63. The summed E-state index contributed by atoms with van der Waals surface area (Å²) in [6.07, 6.45) is 0. The van der Waals surface area contributed by atoms with E-state index in [1.54, 1.807) is 7.11 Å². The normalized spacial score (nSPS) is 11.0. The van der Waals surface area contributed by atoms with Gasteiger partial charge in [0.2, 0.25) is 0 Å². The maximum atomic E-state index is 6.19. The Balaban J connectivity index is 2.22. The third-order valence-corrected chi connectivity index (χ3v) is 3.11. The van der Waals surface area contributed by atoms with Gasteiger partial charge in [0.15, 0.2) is 0 Å². The predicted octanol–water partition coefficient (Wildman–Crippen LogP) is 4.11. The Morgan fingerprint density at radius 1 is 1.26 bits per heavy atom. The minimum Gasteiger partial charge on any atom is -0.497 e. The van der Waals surface area contributed by atoms with Gasteiger partial charge in [-0.1, -0.05) is 25.4 Å². The van der Waals surface area contributed by atoms with Gasteiger partial charge in [-0.2, -0.15) is 0 Å². The van der Waals surface area contributed by atoms with Crippen LogP contribution >= 0.6 is 11.6 Å². The molecular formula is C15H18ClNO2. The van der Waals surface area contributed by atoms with Crippen LogP contribution in [0.15, 0.2) is 34.7 Å². The fourth-order valence-corrected chi connectivity index (χ4v) is 1.95. The molecule has 0 aliphatic rings. The molecule has 0 radical (unpaired) electrons. The Hall–Kier alpha value is -1.45. The first-order valence-electron chi connectivity index (χ1n) is 6.26. The van der Waals surface area contributed by atoms with Gasteiger partial charge >= 0.3 is 0 Å². The second kappa shape index (κ2) is 6.13. The number of hydrogen-bond donors (Lipinski definition) is 1. The largest absolute Gasteiger partial charge is 0.497 e. The fourth-order valence-electron chi connectivity index (χ4n) is 1.74. The maximum Gasteiger partial charge on any atom is 0.135 e. The van der Waals surface area contributed by atoms with Crippen molar-refractivity contribution >= 4 is 11.6 Å². The van der Waals surface area contributed by atoms with E-state index in [0.29, 0.717) is 17.6 Å². The SMILES string of the molecule is COc1ccc(Cl)c(-c2ccc(CNC(C)C)o2)c1. The van der Waals surface area contributed by atoms with E-state index in [1.165, 1.54) is 0 Å². The van der Waals surface area contributed by atoms with Gasteiger partial charge in [-0.25, -0.2) is 0 Å². The minimum absolute atomic E-state index is 0.425. The first kappa shape index (κ1) is 14.0. The van der Waals surface area contributed by atoms with Crippen LogP contribution in [-0.4, -0.2) is 13.2 Å². The molecule has 0 saturated heterocycles. The van der Waals surface area contributed by atoms with E-state index in [0.717, 1.165) is 22.8 Å². The lowest BCUT2D eigenvalue weighted by molar-refractivity contribution is 0.414. The molecule has 19 heavy (non-hydrogen) atoms. The van der Waals surface area contributed by atoms with E-state index >= 15 is 0 Å². The van der Waals surface area contributed by atoms with Crippen molar-refractivity contribution in [1.29, 1.82) is 0 Å². The lowest BCUT2D eigenvalue weighted by Crippen LogP contribution is -2.21. The Bertz CT molecular complexity index is 549. The highest BCUT2D eigenvalue weighted by Gasteiger charge is 2.10. The molecule has 0 bridgehead atoms. The van der Waals surface area contributed by atoms with Crippen LogP contribution < -0.4 is 10.1 Å². The van der Waals surface area contributed by atoms with E-state index in [1.807, 2.05) is 30.3 Å². The second-order valence-corrected chi connectivity index (χ2v) is 5.05. The van der Waals surface area contributed by atoms with Crippen molar-refractivity contribution in [2.75, 3.05) is 7.11 Å². The van der Waals surface area contributed by atoms with Gasteiger partial charge in [-0.05, 0) is 30.3 Å². The molecular weight excluding hydrogens is 262 g/mol. The molecule has 1 N–H and O–H groups in total. The number of rotatable bonds is 5. The van der Waals surface area contributed by atoms with Crippen molar-refractivity contribution in [3.05, 3.63) is 41.1 Å². The highest BCUT2D eigenvalue weighted by molar-refractivity contribution is 6.33. The molecule has 2 aromatic rings. The summed E-state index contributed by atoms with van der Waals surface area (Å²) in [6.45, 7) is 4.91. The molecule has 0 aliphatic heterocycles. The Kier molecular flexibility index (Phi) is 4.51. The van der Waals surface area contributed by atoms with E-state index in [4.69, 9.17) is 20.8 Å². The summed E-state index contributed by atoms with van der Waals surface area (Å²) in [5.41, 5.74) is 0.844. The van der Waals surface area contributed by atoms with Crippen LogP contribution in [0, 0.1) is 0 Å². The quantitative estimate of drug-likeness (QED) is 0.894. The van der Waals surface area contributed by atoms with Crippen LogP contribution in [0.25, 0.3) is 11.3 Å². The summed E-state index contributed by atoms with van der Waals surface area (Å²) in [5, 5.41) is 3.96. The first-order chi connectivity index (χ1) is 9.10. The van der Waals surface area contributed by atoms with Gasteiger partial charge in [0.1, 0.15) is 17.3 Å². The van der Waals surface area contributed by atoms with Crippen molar-refractivity contribution in [3.8, 4) is 17.1 Å². The molecule has 2 rings (SSSR count). The van der Waals surface area contributed by atoms with E-state index in [9.17, 15) is 0 Å². The van der Waals surface area contributed by atoms with Gasteiger partial charge in [0, 0.05) is 11.6 Å². The molecule has 1 aromatic heterocycles. The van der Waals surface area contributed by atoms with Crippen molar-refractivity contribution in [3.63, 3.8) is 0 Å². The zero-order valence-electron chi connectivity index (χ0n) is 11.4. The predicted molar refractivity (Wildman–Crippen MR) is 77.7 cm³/mol. The minimum atomic E-state index is 0.425. The Morgan fingerprint density at radius 2 is 2.05 bits per heavy atom. The summed E-state index contributed by atoms with van der Waals surface area (Å²) in [4.78, 5) is 0. The van der Waals surface area contributed by atoms with Crippen molar-refractivity contribution in [2.45, 2.75) is 26.4 Å². The average Bonchev–Trinajstić information content (AvgIpc) is 2.85. The maximum absolute atomic E-state index is 6.19.